The molecule has 0 atom stereocenters. The summed E-state index contributed by atoms with van der Waals surface area (Å²) in [4.78, 5) is 7.81. The fourth-order valence-corrected chi connectivity index (χ4v) is 2.25. The van der Waals surface area contributed by atoms with Crippen LogP contribution in [-0.4, -0.2) is 24.1 Å². The lowest BCUT2D eigenvalue weighted by Gasteiger charge is -2.13. The molecule has 4 nitrogen and oxygen atoms in total. The molecule has 0 aromatic carbocycles. The van der Waals surface area contributed by atoms with Crippen LogP contribution in [0, 0.1) is 6.92 Å². The standard InChI is InChI=1S/C16H18F3N3O/c1-10-4-7-15(23-3)22-12(10)6-5-11-8-14(16(17,18)19)21-9-13(11)20-2/h4,7-9,20H,5-6H2,1-3H3. The fourth-order valence-electron chi connectivity index (χ4n) is 2.25. The number of pyridine rings is 2. The van der Waals surface area contributed by atoms with Crippen LogP contribution in [0.15, 0.2) is 24.4 Å². The van der Waals surface area contributed by atoms with Crippen molar-refractivity contribution in [2.75, 3.05) is 19.5 Å². The molecule has 0 aliphatic carbocycles. The molecule has 2 heterocycles. The third-order valence-electron chi connectivity index (χ3n) is 3.57. The molecule has 0 saturated carbocycles. The number of rotatable bonds is 5. The van der Waals surface area contributed by atoms with Crippen molar-refractivity contribution in [1.29, 1.82) is 0 Å². The van der Waals surface area contributed by atoms with E-state index in [1.54, 1.807) is 13.1 Å². The van der Waals surface area contributed by atoms with Gasteiger partial charge in [0.25, 0.3) is 0 Å². The van der Waals surface area contributed by atoms with Crippen molar-refractivity contribution in [1.82, 2.24) is 9.97 Å². The first-order chi connectivity index (χ1) is 10.8. The van der Waals surface area contributed by atoms with Crippen LogP contribution in [0.3, 0.4) is 0 Å². The fraction of sp³-hybridized carbons (Fsp3) is 0.375. The number of aromatic nitrogens is 2. The molecule has 7 heteroatoms. The number of halogens is 3. The van der Waals surface area contributed by atoms with Gasteiger partial charge in [-0.3, -0.25) is 0 Å². The second-order valence-electron chi connectivity index (χ2n) is 5.09. The normalized spacial score (nSPS) is 11.4. The van der Waals surface area contributed by atoms with Crippen molar-refractivity contribution in [3.63, 3.8) is 0 Å². The third-order valence-corrected chi connectivity index (χ3v) is 3.57. The lowest BCUT2D eigenvalue weighted by molar-refractivity contribution is -0.141. The molecule has 0 bridgehead atoms. The average Bonchev–Trinajstić information content (AvgIpc) is 2.53. The van der Waals surface area contributed by atoms with Crippen LogP contribution in [0.4, 0.5) is 18.9 Å². The Bertz CT molecular complexity index is 687. The number of ether oxygens (including phenoxy) is 1. The van der Waals surface area contributed by atoms with Crippen molar-refractivity contribution in [2.24, 2.45) is 0 Å². The van der Waals surface area contributed by atoms with E-state index in [1.807, 2.05) is 13.0 Å². The summed E-state index contributed by atoms with van der Waals surface area (Å²) in [7, 11) is 3.18. The van der Waals surface area contributed by atoms with Gasteiger partial charge in [0, 0.05) is 18.8 Å². The number of hydrogen-bond donors (Lipinski definition) is 1. The zero-order valence-corrected chi connectivity index (χ0v) is 13.2. The highest BCUT2D eigenvalue weighted by molar-refractivity contribution is 5.50. The number of nitrogens with one attached hydrogen (secondary N) is 1. The van der Waals surface area contributed by atoms with Crippen molar-refractivity contribution >= 4 is 5.69 Å². The molecule has 23 heavy (non-hydrogen) atoms. The highest BCUT2D eigenvalue weighted by Gasteiger charge is 2.32. The summed E-state index contributed by atoms with van der Waals surface area (Å²) in [6.45, 7) is 1.91. The van der Waals surface area contributed by atoms with E-state index in [2.05, 4.69) is 15.3 Å². The van der Waals surface area contributed by atoms with E-state index in [4.69, 9.17) is 4.74 Å². The van der Waals surface area contributed by atoms with Crippen LogP contribution in [-0.2, 0) is 19.0 Å². The second kappa shape index (κ2) is 6.85. The number of methoxy groups -OCH3 is 1. The lowest BCUT2D eigenvalue weighted by Crippen LogP contribution is -2.10. The van der Waals surface area contributed by atoms with Gasteiger partial charge < -0.3 is 10.1 Å². The van der Waals surface area contributed by atoms with Gasteiger partial charge in [-0.1, -0.05) is 6.07 Å². The van der Waals surface area contributed by atoms with E-state index in [1.165, 1.54) is 13.3 Å². The lowest BCUT2D eigenvalue weighted by atomic mass is 10.0. The molecule has 0 fully saturated rings. The number of alkyl halides is 3. The van der Waals surface area contributed by atoms with Gasteiger partial charge in [0.05, 0.1) is 19.0 Å². The van der Waals surface area contributed by atoms with E-state index < -0.39 is 11.9 Å². The van der Waals surface area contributed by atoms with Crippen LogP contribution < -0.4 is 10.1 Å². The largest absolute Gasteiger partial charge is 0.481 e. The van der Waals surface area contributed by atoms with E-state index in [0.29, 0.717) is 30.0 Å². The second-order valence-corrected chi connectivity index (χ2v) is 5.09. The van der Waals surface area contributed by atoms with Gasteiger partial charge in [-0.2, -0.15) is 13.2 Å². The number of aryl methyl sites for hydroxylation is 3. The van der Waals surface area contributed by atoms with E-state index in [-0.39, 0.29) is 0 Å². The van der Waals surface area contributed by atoms with Crippen molar-refractivity contribution in [2.45, 2.75) is 25.9 Å². The predicted octanol–water partition coefficient (Wildman–Crippen LogP) is 3.64. The van der Waals surface area contributed by atoms with Gasteiger partial charge in [-0.05, 0) is 37.0 Å². The smallest absolute Gasteiger partial charge is 0.433 e. The van der Waals surface area contributed by atoms with Gasteiger partial charge in [-0.15, -0.1) is 0 Å². The highest BCUT2D eigenvalue weighted by atomic mass is 19.4. The Morgan fingerprint density at radius 3 is 2.57 bits per heavy atom. The van der Waals surface area contributed by atoms with Crippen LogP contribution in [0.1, 0.15) is 22.5 Å². The average molecular weight is 325 g/mol. The Morgan fingerprint density at radius 1 is 1.22 bits per heavy atom. The molecule has 0 spiro atoms. The van der Waals surface area contributed by atoms with E-state index in [0.717, 1.165) is 17.3 Å². The molecular weight excluding hydrogens is 307 g/mol. The Kier molecular flexibility index (Phi) is 5.08. The number of anilines is 1. The SMILES string of the molecule is CNc1cnc(C(F)(F)F)cc1CCc1nc(OC)ccc1C. The summed E-state index contributed by atoms with van der Waals surface area (Å²) >= 11 is 0. The van der Waals surface area contributed by atoms with Gasteiger partial charge in [-0.25, -0.2) is 9.97 Å². The van der Waals surface area contributed by atoms with Crippen LogP contribution in [0.2, 0.25) is 0 Å². The molecule has 0 aliphatic rings. The topological polar surface area (TPSA) is 47.0 Å². The molecule has 124 valence electrons. The number of hydrogen-bond acceptors (Lipinski definition) is 4. The van der Waals surface area contributed by atoms with Gasteiger partial charge in [0.15, 0.2) is 0 Å². The third kappa shape index (κ3) is 4.12. The van der Waals surface area contributed by atoms with Gasteiger partial charge in [0.1, 0.15) is 5.69 Å². The van der Waals surface area contributed by atoms with Crippen LogP contribution >= 0.6 is 0 Å². The summed E-state index contributed by atoms with van der Waals surface area (Å²) in [5, 5.41) is 2.87. The minimum absolute atomic E-state index is 0.419. The van der Waals surface area contributed by atoms with Gasteiger partial charge in [0.2, 0.25) is 5.88 Å². The Labute approximate surface area is 132 Å². The summed E-state index contributed by atoms with van der Waals surface area (Å²) in [6, 6.07) is 4.72. The van der Waals surface area contributed by atoms with E-state index >= 15 is 0 Å². The van der Waals surface area contributed by atoms with Gasteiger partial charge >= 0.3 is 6.18 Å². The molecule has 0 aliphatic heterocycles. The maximum atomic E-state index is 12.8. The quantitative estimate of drug-likeness (QED) is 0.912. The molecule has 0 radical (unpaired) electrons. The Balaban J connectivity index is 2.26. The maximum Gasteiger partial charge on any atom is 0.433 e. The molecule has 0 unspecified atom stereocenters. The highest BCUT2D eigenvalue weighted by Crippen LogP contribution is 2.30. The monoisotopic (exact) mass is 325 g/mol. The molecule has 2 aromatic heterocycles. The molecular formula is C16H18F3N3O. The summed E-state index contributed by atoms with van der Waals surface area (Å²) < 4.78 is 43.5. The maximum absolute atomic E-state index is 12.8. The van der Waals surface area contributed by atoms with E-state index in [9.17, 15) is 13.2 Å². The predicted molar refractivity (Wildman–Crippen MR) is 81.7 cm³/mol. The Morgan fingerprint density at radius 2 is 1.96 bits per heavy atom. The molecule has 0 saturated heterocycles. The Hall–Kier alpha value is -2.31. The summed E-state index contributed by atoms with van der Waals surface area (Å²) in [5.74, 6) is 0.491. The number of nitrogens with zero attached hydrogens (tertiary/aromatic N) is 2. The first kappa shape index (κ1) is 17.1. The first-order valence-corrected chi connectivity index (χ1v) is 7.09. The molecule has 2 aromatic rings. The minimum Gasteiger partial charge on any atom is -0.481 e. The van der Waals surface area contributed by atoms with Crippen molar-refractivity contribution in [3.05, 3.63) is 46.9 Å². The van der Waals surface area contributed by atoms with Crippen molar-refractivity contribution in [3.8, 4) is 5.88 Å². The molecule has 0 amide bonds. The zero-order valence-electron chi connectivity index (χ0n) is 13.2. The van der Waals surface area contributed by atoms with Crippen LogP contribution in [0.25, 0.3) is 0 Å². The summed E-state index contributed by atoms with van der Waals surface area (Å²) in [6.07, 6.45) is -2.31. The first-order valence-electron chi connectivity index (χ1n) is 7.09. The van der Waals surface area contributed by atoms with Crippen molar-refractivity contribution < 1.29 is 17.9 Å². The molecule has 2 rings (SSSR count). The van der Waals surface area contributed by atoms with Crippen LogP contribution in [0.5, 0.6) is 5.88 Å². The minimum atomic E-state index is -4.45. The zero-order chi connectivity index (χ0) is 17.0. The molecule has 1 N–H and O–H groups in total. The summed E-state index contributed by atoms with van der Waals surface area (Å²) in [5.41, 5.74) is 2.03.